The van der Waals surface area contributed by atoms with Crippen molar-refractivity contribution < 1.29 is 0 Å². The van der Waals surface area contributed by atoms with Gasteiger partial charge < -0.3 is 5.32 Å². The van der Waals surface area contributed by atoms with Crippen LogP contribution in [0.4, 0.5) is 5.82 Å². The largest absolute Gasteiger partial charge is 0.369 e. The Balaban J connectivity index is 2.26. The van der Waals surface area contributed by atoms with Gasteiger partial charge in [-0.15, -0.1) is 0 Å². The molecule has 1 aromatic heterocycles. The first kappa shape index (κ1) is 13.3. The maximum atomic E-state index is 4.45. The summed E-state index contributed by atoms with van der Waals surface area (Å²) in [5, 5.41) is 5.83. The molecule has 1 N–H and O–H groups in total. The molecule has 0 saturated heterocycles. The van der Waals surface area contributed by atoms with Crippen molar-refractivity contribution in [2.24, 2.45) is 11.8 Å². The topological polar surface area (TPSA) is 24.9 Å². The third kappa shape index (κ3) is 2.83. The van der Waals surface area contributed by atoms with Crippen LogP contribution in [0.1, 0.15) is 20.8 Å². The van der Waals surface area contributed by atoms with Crippen LogP contribution in [0, 0.1) is 11.8 Å². The van der Waals surface area contributed by atoms with Crippen LogP contribution in [0.3, 0.4) is 0 Å². The van der Waals surface area contributed by atoms with Crippen molar-refractivity contribution in [2.75, 3.05) is 11.9 Å². The molecule has 0 aliphatic rings. The van der Waals surface area contributed by atoms with Gasteiger partial charge in [0.2, 0.25) is 0 Å². The van der Waals surface area contributed by atoms with Crippen LogP contribution < -0.4 is 5.32 Å². The van der Waals surface area contributed by atoms with E-state index in [1.54, 1.807) is 0 Å². The molecule has 1 atom stereocenters. The van der Waals surface area contributed by atoms with Gasteiger partial charge in [0.1, 0.15) is 5.82 Å². The normalized spacial score (nSPS) is 12.9. The Morgan fingerprint density at radius 3 is 2.67 bits per heavy atom. The molecule has 0 radical (unpaired) electrons. The number of nitrogens with zero attached hydrogens (tertiary/aromatic N) is 1. The molecule has 2 aromatic rings. The van der Waals surface area contributed by atoms with E-state index in [9.17, 15) is 0 Å². The summed E-state index contributed by atoms with van der Waals surface area (Å²) in [5.74, 6) is 2.29. The molecule has 0 aliphatic heterocycles. The van der Waals surface area contributed by atoms with Gasteiger partial charge in [-0.1, -0.05) is 48.8 Å². The molecule has 0 amide bonds. The summed E-state index contributed by atoms with van der Waals surface area (Å²) in [7, 11) is 0. The highest BCUT2D eigenvalue weighted by Gasteiger charge is 2.09. The highest BCUT2D eigenvalue weighted by molar-refractivity contribution is 9.10. The molecule has 18 heavy (non-hydrogen) atoms. The SMILES string of the molecule is CC(C)C(C)CNc1nccc2c(Br)cccc12. The second-order valence-corrected chi connectivity index (χ2v) is 5.95. The van der Waals surface area contributed by atoms with Gasteiger partial charge in [0.15, 0.2) is 0 Å². The molecule has 1 aromatic carbocycles. The van der Waals surface area contributed by atoms with Crippen molar-refractivity contribution in [3.8, 4) is 0 Å². The van der Waals surface area contributed by atoms with Crippen molar-refractivity contribution in [1.29, 1.82) is 0 Å². The molecule has 0 spiro atoms. The van der Waals surface area contributed by atoms with Gasteiger partial charge in [-0.2, -0.15) is 0 Å². The Morgan fingerprint density at radius 2 is 1.94 bits per heavy atom. The predicted octanol–water partition coefficient (Wildman–Crippen LogP) is 4.70. The van der Waals surface area contributed by atoms with Crippen molar-refractivity contribution in [2.45, 2.75) is 20.8 Å². The minimum Gasteiger partial charge on any atom is -0.369 e. The molecular weight excluding hydrogens is 288 g/mol. The number of benzene rings is 1. The van der Waals surface area contributed by atoms with Gasteiger partial charge >= 0.3 is 0 Å². The van der Waals surface area contributed by atoms with E-state index >= 15 is 0 Å². The van der Waals surface area contributed by atoms with E-state index in [2.05, 4.69) is 59.1 Å². The number of hydrogen-bond donors (Lipinski definition) is 1. The lowest BCUT2D eigenvalue weighted by molar-refractivity contribution is 0.439. The smallest absolute Gasteiger partial charge is 0.133 e. The van der Waals surface area contributed by atoms with Crippen LogP contribution in [-0.2, 0) is 0 Å². The molecule has 3 heteroatoms. The zero-order chi connectivity index (χ0) is 13.1. The Labute approximate surface area is 117 Å². The highest BCUT2D eigenvalue weighted by Crippen LogP contribution is 2.27. The molecule has 1 unspecified atom stereocenters. The molecule has 2 nitrogen and oxygen atoms in total. The van der Waals surface area contributed by atoms with E-state index < -0.39 is 0 Å². The van der Waals surface area contributed by atoms with E-state index in [0.717, 1.165) is 16.8 Å². The van der Waals surface area contributed by atoms with Crippen molar-refractivity contribution in [3.05, 3.63) is 34.9 Å². The van der Waals surface area contributed by atoms with Crippen LogP contribution in [0.5, 0.6) is 0 Å². The van der Waals surface area contributed by atoms with Crippen LogP contribution in [-0.4, -0.2) is 11.5 Å². The second-order valence-electron chi connectivity index (χ2n) is 5.10. The lowest BCUT2D eigenvalue weighted by Crippen LogP contribution is -2.16. The number of halogens is 1. The summed E-state index contributed by atoms with van der Waals surface area (Å²) < 4.78 is 1.11. The summed E-state index contributed by atoms with van der Waals surface area (Å²) in [4.78, 5) is 4.45. The zero-order valence-corrected chi connectivity index (χ0v) is 12.7. The third-order valence-corrected chi connectivity index (χ3v) is 4.17. The molecule has 2 rings (SSSR count). The van der Waals surface area contributed by atoms with Crippen LogP contribution in [0.25, 0.3) is 10.8 Å². The Bertz CT molecular complexity index is 537. The van der Waals surface area contributed by atoms with E-state index in [4.69, 9.17) is 0 Å². The van der Waals surface area contributed by atoms with Crippen molar-refractivity contribution in [3.63, 3.8) is 0 Å². The molecule has 1 heterocycles. The first-order valence-electron chi connectivity index (χ1n) is 6.36. The first-order chi connectivity index (χ1) is 8.59. The minimum absolute atomic E-state index is 0.634. The highest BCUT2D eigenvalue weighted by atomic mass is 79.9. The Kier molecular flexibility index (Phi) is 4.23. The zero-order valence-electron chi connectivity index (χ0n) is 11.1. The van der Waals surface area contributed by atoms with E-state index in [0.29, 0.717) is 11.8 Å². The van der Waals surface area contributed by atoms with E-state index in [1.807, 2.05) is 18.3 Å². The summed E-state index contributed by atoms with van der Waals surface area (Å²) in [6, 6.07) is 8.25. The molecule has 0 bridgehead atoms. The Morgan fingerprint density at radius 1 is 1.17 bits per heavy atom. The van der Waals surface area contributed by atoms with Gasteiger partial charge in [-0.25, -0.2) is 4.98 Å². The van der Waals surface area contributed by atoms with Gasteiger partial charge in [0.25, 0.3) is 0 Å². The van der Waals surface area contributed by atoms with Gasteiger partial charge in [-0.05, 0) is 24.0 Å². The Hall–Kier alpha value is -1.09. The van der Waals surface area contributed by atoms with E-state index in [-0.39, 0.29) is 0 Å². The van der Waals surface area contributed by atoms with Gasteiger partial charge in [0.05, 0.1) is 0 Å². The summed E-state index contributed by atoms with van der Waals surface area (Å²) in [5.41, 5.74) is 0. The lowest BCUT2D eigenvalue weighted by atomic mass is 9.98. The van der Waals surface area contributed by atoms with Gasteiger partial charge in [-0.3, -0.25) is 0 Å². The predicted molar refractivity (Wildman–Crippen MR) is 81.9 cm³/mol. The second kappa shape index (κ2) is 5.70. The third-order valence-electron chi connectivity index (χ3n) is 3.48. The van der Waals surface area contributed by atoms with Crippen LogP contribution in [0.15, 0.2) is 34.9 Å². The number of rotatable bonds is 4. The lowest BCUT2D eigenvalue weighted by Gasteiger charge is -2.17. The van der Waals surface area contributed by atoms with E-state index in [1.165, 1.54) is 10.8 Å². The average molecular weight is 307 g/mol. The van der Waals surface area contributed by atoms with Crippen molar-refractivity contribution in [1.82, 2.24) is 4.98 Å². The quantitative estimate of drug-likeness (QED) is 0.885. The fraction of sp³-hybridized carbons (Fsp3) is 0.400. The number of pyridine rings is 1. The molecular formula is C15H19BrN2. The summed E-state index contributed by atoms with van der Waals surface area (Å²) >= 11 is 3.58. The number of anilines is 1. The maximum Gasteiger partial charge on any atom is 0.133 e. The van der Waals surface area contributed by atoms with Gasteiger partial charge in [0, 0.05) is 28.0 Å². The number of hydrogen-bond acceptors (Lipinski definition) is 2. The molecule has 0 aliphatic carbocycles. The fourth-order valence-corrected chi connectivity index (χ4v) is 2.30. The summed E-state index contributed by atoms with van der Waals surface area (Å²) in [6.45, 7) is 7.72. The maximum absolute atomic E-state index is 4.45. The van der Waals surface area contributed by atoms with Crippen LogP contribution in [0.2, 0.25) is 0 Å². The number of nitrogens with one attached hydrogen (secondary N) is 1. The van der Waals surface area contributed by atoms with Crippen LogP contribution >= 0.6 is 15.9 Å². The summed E-state index contributed by atoms with van der Waals surface area (Å²) in [6.07, 6.45) is 1.86. The fourth-order valence-electron chi connectivity index (χ4n) is 1.80. The number of fused-ring (bicyclic) bond motifs is 1. The number of aromatic nitrogens is 1. The molecule has 96 valence electrons. The molecule has 0 fully saturated rings. The van der Waals surface area contributed by atoms with Crippen molar-refractivity contribution >= 4 is 32.5 Å². The standard InChI is InChI=1S/C15H19BrN2/c1-10(2)11(3)9-18-15-13-5-4-6-14(16)12(13)7-8-17-15/h4-8,10-11H,9H2,1-3H3,(H,17,18). The average Bonchev–Trinajstić information content (AvgIpc) is 2.36. The minimum atomic E-state index is 0.634. The molecule has 0 saturated carbocycles. The monoisotopic (exact) mass is 306 g/mol. The first-order valence-corrected chi connectivity index (χ1v) is 7.16.